The van der Waals surface area contributed by atoms with Crippen LogP contribution < -0.4 is 5.32 Å². The van der Waals surface area contributed by atoms with Crippen molar-refractivity contribution in [2.45, 2.75) is 38.8 Å². The molecule has 2 nitrogen and oxygen atoms in total. The van der Waals surface area contributed by atoms with E-state index in [1.54, 1.807) is 0 Å². The summed E-state index contributed by atoms with van der Waals surface area (Å²) in [4.78, 5) is 0. The van der Waals surface area contributed by atoms with E-state index in [-0.39, 0.29) is 0 Å². The summed E-state index contributed by atoms with van der Waals surface area (Å²) in [5.41, 5.74) is 0.547. The van der Waals surface area contributed by atoms with Crippen LogP contribution in [-0.2, 0) is 4.74 Å². The van der Waals surface area contributed by atoms with Gasteiger partial charge >= 0.3 is 0 Å². The third-order valence-corrected chi connectivity index (χ3v) is 3.08. The van der Waals surface area contributed by atoms with Crippen LogP contribution in [0.1, 0.15) is 32.6 Å². The molecule has 0 aromatic carbocycles. The van der Waals surface area contributed by atoms with Crippen molar-refractivity contribution in [1.29, 1.82) is 0 Å². The van der Waals surface area contributed by atoms with Gasteiger partial charge in [-0.1, -0.05) is 13.3 Å². The Morgan fingerprint density at radius 3 is 2.73 bits per heavy atom. The maximum atomic E-state index is 5.67. The van der Waals surface area contributed by atoms with E-state index in [2.05, 4.69) is 12.2 Å². The second-order valence-electron chi connectivity index (χ2n) is 3.94. The van der Waals surface area contributed by atoms with Crippen molar-refractivity contribution in [3.8, 4) is 0 Å². The summed E-state index contributed by atoms with van der Waals surface area (Å²) in [6, 6.07) is 0. The molecule has 1 aliphatic heterocycles. The molecular weight excluding hydrogens is 138 g/mol. The molecule has 0 amide bonds. The highest BCUT2D eigenvalue weighted by Crippen LogP contribution is 2.42. The second-order valence-corrected chi connectivity index (χ2v) is 3.94. The number of nitrogens with one attached hydrogen (secondary N) is 1. The number of hydrogen-bond donors (Lipinski definition) is 1. The van der Waals surface area contributed by atoms with Crippen LogP contribution in [0.25, 0.3) is 0 Å². The molecule has 2 aliphatic rings. The molecule has 2 heteroatoms. The third kappa shape index (κ3) is 1.30. The third-order valence-electron chi connectivity index (χ3n) is 3.08. The van der Waals surface area contributed by atoms with Crippen LogP contribution in [0.2, 0.25) is 0 Å². The maximum absolute atomic E-state index is 5.67. The summed E-state index contributed by atoms with van der Waals surface area (Å²) in [6.45, 7) is 4.35. The van der Waals surface area contributed by atoms with Crippen LogP contribution in [0.15, 0.2) is 0 Å². The highest BCUT2D eigenvalue weighted by atomic mass is 16.5. The summed E-state index contributed by atoms with van der Waals surface area (Å²) < 4.78 is 5.67. The Hall–Kier alpha value is -0.0800. The normalized spacial score (nSPS) is 35.2. The molecule has 2 fully saturated rings. The largest absolute Gasteiger partial charge is 0.363 e. The predicted molar refractivity (Wildman–Crippen MR) is 44.3 cm³/mol. The lowest BCUT2D eigenvalue weighted by atomic mass is 9.69. The second kappa shape index (κ2) is 2.76. The molecule has 1 aliphatic carbocycles. The summed E-state index contributed by atoms with van der Waals surface area (Å²) in [5.74, 6) is 0. The summed E-state index contributed by atoms with van der Waals surface area (Å²) >= 11 is 0. The van der Waals surface area contributed by atoms with Crippen molar-refractivity contribution in [2.75, 3.05) is 13.2 Å². The molecule has 0 radical (unpaired) electrons. The fourth-order valence-electron chi connectivity index (χ4n) is 1.98. The van der Waals surface area contributed by atoms with Crippen molar-refractivity contribution in [3.63, 3.8) is 0 Å². The Bertz CT molecular complexity index is 132. The van der Waals surface area contributed by atoms with Gasteiger partial charge in [0, 0.05) is 12.0 Å². The molecule has 2 rings (SSSR count). The van der Waals surface area contributed by atoms with Crippen LogP contribution in [0.3, 0.4) is 0 Å². The summed E-state index contributed by atoms with van der Waals surface area (Å²) in [7, 11) is 0. The minimum absolute atomic E-state index is 0.334. The highest BCUT2D eigenvalue weighted by Gasteiger charge is 2.40. The SMILES string of the molecule is CCC1NCC2(CCC2)CO1. The first kappa shape index (κ1) is 7.56. The van der Waals surface area contributed by atoms with Gasteiger partial charge in [-0.2, -0.15) is 0 Å². The van der Waals surface area contributed by atoms with E-state index in [9.17, 15) is 0 Å². The Kier molecular flexibility index (Phi) is 1.90. The van der Waals surface area contributed by atoms with Gasteiger partial charge in [0.1, 0.15) is 6.23 Å². The van der Waals surface area contributed by atoms with Crippen LogP contribution in [0, 0.1) is 5.41 Å². The van der Waals surface area contributed by atoms with Crippen molar-refractivity contribution < 1.29 is 4.74 Å². The lowest BCUT2D eigenvalue weighted by Gasteiger charge is -2.46. The van der Waals surface area contributed by atoms with Gasteiger partial charge in [0.25, 0.3) is 0 Å². The highest BCUT2D eigenvalue weighted by molar-refractivity contribution is 4.92. The molecule has 11 heavy (non-hydrogen) atoms. The number of hydrogen-bond acceptors (Lipinski definition) is 2. The predicted octanol–water partition coefficient (Wildman–Crippen LogP) is 1.51. The zero-order valence-electron chi connectivity index (χ0n) is 7.23. The summed E-state index contributed by atoms with van der Waals surface area (Å²) in [5, 5.41) is 3.44. The first-order valence-corrected chi connectivity index (χ1v) is 4.70. The minimum atomic E-state index is 0.334. The smallest absolute Gasteiger partial charge is 0.107 e. The van der Waals surface area contributed by atoms with Gasteiger partial charge in [0.05, 0.1) is 6.61 Å². The molecular formula is C9H17NO. The van der Waals surface area contributed by atoms with E-state index < -0.39 is 0 Å². The fraction of sp³-hybridized carbons (Fsp3) is 1.00. The standard InChI is InChI=1S/C9H17NO/c1-2-8-10-6-9(7-11-8)4-3-5-9/h8,10H,2-7H2,1H3. The minimum Gasteiger partial charge on any atom is -0.363 e. The zero-order valence-corrected chi connectivity index (χ0v) is 7.23. The maximum Gasteiger partial charge on any atom is 0.107 e. The Morgan fingerprint density at radius 2 is 2.36 bits per heavy atom. The zero-order chi connectivity index (χ0) is 7.73. The van der Waals surface area contributed by atoms with Crippen molar-refractivity contribution >= 4 is 0 Å². The van der Waals surface area contributed by atoms with Gasteiger partial charge in [-0.15, -0.1) is 0 Å². The van der Waals surface area contributed by atoms with E-state index in [0.717, 1.165) is 13.0 Å². The Balaban J connectivity index is 1.84. The lowest BCUT2D eigenvalue weighted by molar-refractivity contribution is -0.101. The monoisotopic (exact) mass is 155 g/mol. The average Bonchev–Trinajstić information content (AvgIpc) is 2.02. The van der Waals surface area contributed by atoms with Gasteiger partial charge < -0.3 is 4.74 Å². The first-order valence-electron chi connectivity index (χ1n) is 4.70. The quantitative estimate of drug-likeness (QED) is 0.619. The molecule has 1 unspecified atom stereocenters. The van der Waals surface area contributed by atoms with Crippen LogP contribution >= 0.6 is 0 Å². The van der Waals surface area contributed by atoms with E-state index in [0.29, 0.717) is 11.6 Å². The molecule has 1 atom stereocenters. The van der Waals surface area contributed by atoms with Crippen molar-refractivity contribution in [3.05, 3.63) is 0 Å². The summed E-state index contributed by atoms with van der Waals surface area (Å²) in [6.07, 6.45) is 5.58. The number of rotatable bonds is 1. The molecule has 1 spiro atoms. The molecule has 1 N–H and O–H groups in total. The average molecular weight is 155 g/mol. The van der Waals surface area contributed by atoms with Gasteiger partial charge in [-0.25, -0.2) is 0 Å². The van der Waals surface area contributed by atoms with Crippen molar-refractivity contribution in [2.24, 2.45) is 5.41 Å². The topological polar surface area (TPSA) is 21.3 Å². The van der Waals surface area contributed by atoms with Gasteiger partial charge in [0.15, 0.2) is 0 Å². The molecule has 1 heterocycles. The fourth-order valence-corrected chi connectivity index (χ4v) is 1.98. The van der Waals surface area contributed by atoms with Crippen LogP contribution in [-0.4, -0.2) is 19.4 Å². The molecule has 1 saturated carbocycles. The van der Waals surface area contributed by atoms with Gasteiger partial charge in [-0.05, 0) is 19.3 Å². The van der Waals surface area contributed by atoms with Gasteiger partial charge in [-0.3, -0.25) is 5.32 Å². The van der Waals surface area contributed by atoms with Gasteiger partial charge in [0.2, 0.25) is 0 Å². The van der Waals surface area contributed by atoms with Crippen LogP contribution in [0.5, 0.6) is 0 Å². The molecule has 64 valence electrons. The van der Waals surface area contributed by atoms with E-state index in [1.807, 2.05) is 0 Å². The molecule has 1 saturated heterocycles. The van der Waals surface area contributed by atoms with Crippen molar-refractivity contribution in [1.82, 2.24) is 5.32 Å². The lowest BCUT2D eigenvalue weighted by Crippen LogP contribution is -2.53. The molecule has 0 bridgehead atoms. The molecule has 0 aromatic heterocycles. The Labute approximate surface area is 68.3 Å². The Morgan fingerprint density at radius 1 is 1.55 bits per heavy atom. The van der Waals surface area contributed by atoms with E-state index in [1.165, 1.54) is 25.8 Å². The molecule has 0 aromatic rings. The van der Waals surface area contributed by atoms with E-state index >= 15 is 0 Å². The first-order chi connectivity index (χ1) is 5.35. The van der Waals surface area contributed by atoms with E-state index in [4.69, 9.17) is 4.74 Å². The van der Waals surface area contributed by atoms with Crippen LogP contribution in [0.4, 0.5) is 0 Å². The number of ether oxygens (including phenoxy) is 1.